The zero-order valence-corrected chi connectivity index (χ0v) is 13.4. The maximum Gasteiger partial charge on any atom is 0.255 e. The summed E-state index contributed by atoms with van der Waals surface area (Å²) in [5.41, 5.74) is 3.61. The molecule has 1 aliphatic heterocycles. The van der Waals surface area contributed by atoms with Gasteiger partial charge in [0, 0.05) is 17.8 Å². The van der Waals surface area contributed by atoms with Gasteiger partial charge in [0.25, 0.3) is 5.91 Å². The van der Waals surface area contributed by atoms with Crippen LogP contribution >= 0.6 is 0 Å². The van der Waals surface area contributed by atoms with Crippen molar-refractivity contribution in [3.8, 4) is 0 Å². The van der Waals surface area contributed by atoms with E-state index in [0.29, 0.717) is 12.1 Å². The Balaban J connectivity index is 1.72. The first-order valence-electron chi connectivity index (χ1n) is 7.89. The minimum absolute atomic E-state index is 0.0782. The van der Waals surface area contributed by atoms with Crippen LogP contribution in [0.15, 0.2) is 48.5 Å². The van der Waals surface area contributed by atoms with E-state index < -0.39 is 6.04 Å². The van der Waals surface area contributed by atoms with E-state index in [1.807, 2.05) is 48.5 Å². The Labute approximate surface area is 136 Å². The fraction of sp³-hybridized carbons (Fsp3) is 0.263. The second-order valence-electron chi connectivity index (χ2n) is 5.81. The van der Waals surface area contributed by atoms with Crippen molar-refractivity contribution in [1.82, 2.24) is 4.90 Å². The second kappa shape index (κ2) is 6.24. The predicted molar refractivity (Wildman–Crippen MR) is 90.2 cm³/mol. The van der Waals surface area contributed by atoms with E-state index in [0.717, 1.165) is 17.7 Å². The van der Waals surface area contributed by atoms with Crippen molar-refractivity contribution in [3.63, 3.8) is 0 Å². The van der Waals surface area contributed by atoms with Gasteiger partial charge in [-0.2, -0.15) is 0 Å². The van der Waals surface area contributed by atoms with Crippen molar-refractivity contribution in [1.29, 1.82) is 0 Å². The lowest BCUT2D eigenvalue weighted by Gasteiger charge is -2.23. The summed E-state index contributed by atoms with van der Waals surface area (Å²) in [4.78, 5) is 26.5. The van der Waals surface area contributed by atoms with E-state index in [9.17, 15) is 9.59 Å². The number of fused-ring (bicyclic) bond motifs is 1. The minimum atomic E-state index is -0.514. The van der Waals surface area contributed by atoms with E-state index in [4.69, 9.17) is 0 Å². The fourth-order valence-corrected chi connectivity index (χ4v) is 2.85. The molecule has 118 valence electrons. The molecule has 0 radical (unpaired) electrons. The largest absolute Gasteiger partial charge is 0.324 e. The van der Waals surface area contributed by atoms with Crippen LogP contribution < -0.4 is 5.32 Å². The average molecular weight is 308 g/mol. The molecule has 1 aliphatic rings. The SMILES string of the molecule is CCc1cccc(NC(=O)[C@H](C)N2Cc3ccccc3C2=O)c1. The average Bonchev–Trinajstić information content (AvgIpc) is 2.91. The van der Waals surface area contributed by atoms with Gasteiger partial charge in [0.2, 0.25) is 5.91 Å². The van der Waals surface area contributed by atoms with Crippen molar-refractivity contribution < 1.29 is 9.59 Å². The van der Waals surface area contributed by atoms with E-state index in [1.165, 1.54) is 5.56 Å². The Morgan fingerprint density at radius 1 is 1.22 bits per heavy atom. The lowest BCUT2D eigenvalue weighted by molar-refractivity contribution is -0.120. The minimum Gasteiger partial charge on any atom is -0.324 e. The molecule has 2 aromatic rings. The van der Waals surface area contributed by atoms with Gasteiger partial charge < -0.3 is 10.2 Å². The first-order chi connectivity index (χ1) is 11.1. The van der Waals surface area contributed by atoms with Crippen LogP contribution in [0, 0.1) is 0 Å². The number of nitrogens with zero attached hydrogens (tertiary/aromatic N) is 1. The normalized spacial score (nSPS) is 14.5. The third kappa shape index (κ3) is 2.97. The summed E-state index contributed by atoms with van der Waals surface area (Å²) in [5.74, 6) is -0.245. The van der Waals surface area contributed by atoms with Gasteiger partial charge in [-0.3, -0.25) is 9.59 Å². The standard InChI is InChI=1S/C19H20N2O2/c1-3-14-7-6-9-16(11-14)20-18(22)13(2)21-12-15-8-4-5-10-17(15)19(21)23/h4-11,13H,3,12H2,1-2H3,(H,20,22)/t13-/m0/s1. The summed E-state index contributed by atoms with van der Waals surface area (Å²) < 4.78 is 0. The smallest absolute Gasteiger partial charge is 0.255 e. The summed E-state index contributed by atoms with van der Waals surface area (Å²) in [5, 5.41) is 2.91. The fourth-order valence-electron chi connectivity index (χ4n) is 2.85. The number of benzene rings is 2. The maximum atomic E-state index is 12.5. The van der Waals surface area contributed by atoms with E-state index in [2.05, 4.69) is 12.2 Å². The Bertz CT molecular complexity index is 755. The van der Waals surface area contributed by atoms with Crippen LogP contribution in [0.4, 0.5) is 5.69 Å². The monoisotopic (exact) mass is 308 g/mol. The second-order valence-corrected chi connectivity index (χ2v) is 5.81. The molecule has 0 spiro atoms. The predicted octanol–water partition coefficient (Wildman–Crippen LogP) is 3.23. The number of aryl methyl sites for hydroxylation is 1. The highest BCUT2D eigenvalue weighted by Crippen LogP contribution is 2.24. The molecule has 0 unspecified atom stereocenters. The van der Waals surface area contributed by atoms with Crippen molar-refractivity contribution in [2.24, 2.45) is 0 Å². The highest BCUT2D eigenvalue weighted by molar-refractivity contribution is 6.03. The van der Waals surface area contributed by atoms with Crippen LogP contribution in [0.25, 0.3) is 0 Å². The van der Waals surface area contributed by atoms with Gasteiger partial charge in [-0.25, -0.2) is 0 Å². The molecule has 2 amide bonds. The molecule has 1 atom stereocenters. The first-order valence-corrected chi connectivity index (χ1v) is 7.89. The van der Waals surface area contributed by atoms with Gasteiger partial charge in [-0.05, 0) is 42.7 Å². The van der Waals surface area contributed by atoms with Crippen LogP contribution in [0.1, 0.15) is 35.3 Å². The van der Waals surface area contributed by atoms with Gasteiger partial charge in [-0.15, -0.1) is 0 Å². The topological polar surface area (TPSA) is 49.4 Å². The third-order valence-corrected chi connectivity index (χ3v) is 4.30. The number of nitrogens with one attached hydrogen (secondary N) is 1. The highest BCUT2D eigenvalue weighted by Gasteiger charge is 2.33. The molecule has 0 aliphatic carbocycles. The van der Waals surface area contributed by atoms with E-state index >= 15 is 0 Å². The maximum absolute atomic E-state index is 12.5. The number of anilines is 1. The molecule has 23 heavy (non-hydrogen) atoms. The Morgan fingerprint density at radius 3 is 2.74 bits per heavy atom. The van der Waals surface area contributed by atoms with Crippen molar-refractivity contribution >= 4 is 17.5 Å². The molecule has 4 nitrogen and oxygen atoms in total. The number of amides is 2. The zero-order valence-electron chi connectivity index (χ0n) is 13.4. The van der Waals surface area contributed by atoms with Gasteiger partial charge in [0.15, 0.2) is 0 Å². The Kier molecular flexibility index (Phi) is 4.15. The molecule has 4 heteroatoms. The van der Waals surface area contributed by atoms with Gasteiger partial charge in [0.05, 0.1) is 0 Å². The van der Waals surface area contributed by atoms with Crippen LogP contribution in [0.2, 0.25) is 0 Å². The molecular weight excluding hydrogens is 288 g/mol. The summed E-state index contributed by atoms with van der Waals surface area (Å²) in [6, 6.07) is 14.8. The molecule has 2 aromatic carbocycles. The van der Waals surface area contributed by atoms with Crippen LogP contribution in [-0.4, -0.2) is 22.8 Å². The third-order valence-electron chi connectivity index (χ3n) is 4.30. The lowest BCUT2D eigenvalue weighted by Crippen LogP contribution is -2.42. The molecule has 0 fully saturated rings. The number of carbonyl (C=O) groups excluding carboxylic acids is 2. The summed E-state index contributed by atoms with van der Waals surface area (Å²) >= 11 is 0. The summed E-state index contributed by atoms with van der Waals surface area (Å²) in [7, 11) is 0. The van der Waals surface area contributed by atoms with Gasteiger partial charge in [0.1, 0.15) is 6.04 Å². The molecule has 3 rings (SSSR count). The molecule has 1 N–H and O–H groups in total. The number of hydrogen-bond donors (Lipinski definition) is 1. The summed E-state index contributed by atoms with van der Waals surface area (Å²) in [6.07, 6.45) is 0.916. The molecule has 0 bridgehead atoms. The quantitative estimate of drug-likeness (QED) is 0.942. The molecule has 0 saturated heterocycles. The van der Waals surface area contributed by atoms with Crippen molar-refractivity contribution in [2.45, 2.75) is 32.9 Å². The number of rotatable bonds is 4. The van der Waals surface area contributed by atoms with Crippen LogP contribution in [-0.2, 0) is 17.8 Å². The summed E-state index contributed by atoms with van der Waals surface area (Å²) in [6.45, 7) is 4.32. The Hall–Kier alpha value is -2.62. The van der Waals surface area contributed by atoms with E-state index in [1.54, 1.807) is 11.8 Å². The Morgan fingerprint density at radius 2 is 2.00 bits per heavy atom. The zero-order chi connectivity index (χ0) is 16.4. The number of carbonyl (C=O) groups is 2. The van der Waals surface area contributed by atoms with Gasteiger partial charge >= 0.3 is 0 Å². The first kappa shape index (κ1) is 15.3. The van der Waals surface area contributed by atoms with E-state index in [-0.39, 0.29) is 11.8 Å². The van der Waals surface area contributed by atoms with Crippen molar-refractivity contribution in [3.05, 3.63) is 65.2 Å². The molecule has 0 aromatic heterocycles. The highest BCUT2D eigenvalue weighted by atomic mass is 16.2. The number of hydrogen-bond acceptors (Lipinski definition) is 2. The van der Waals surface area contributed by atoms with Gasteiger partial charge in [-0.1, -0.05) is 37.3 Å². The molecular formula is C19H20N2O2. The molecule has 0 saturated carbocycles. The van der Waals surface area contributed by atoms with Crippen molar-refractivity contribution in [2.75, 3.05) is 5.32 Å². The lowest BCUT2D eigenvalue weighted by atomic mass is 10.1. The molecule has 1 heterocycles. The van der Waals surface area contributed by atoms with Crippen LogP contribution in [0.5, 0.6) is 0 Å². The van der Waals surface area contributed by atoms with Crippen LogP contribution in [0.3, 0.4) is 0 Å².